The van der Waals surface area contributed by atoms with Gasteiger partial charge in [-0.05, 0) is 84.2 Å². The molecule has 0 rings (SSSR count). The molecule has 0 fully saturated rings. The molecule has 0 aliphatic heterocycles. The van der Waals surface area contributed by atoms with Crippen LogP contribution in [0.2, 0.25) is 0 Å². The molecule has 0 aromatic heterocycles. The van der Waals surface area contributed by atoms with Crippen molar-refractivity contribution < 1.29 is 19.1 Å². The fraction of sp³-hybridized carbons (Fsp3) is 0.951. The Morgan fingerprint density at radius 1 is 0.587 bits per heavy atom. The second-order valence-electron chi connectivity index (χ2n) is 15.9. The van der Waals surface area contributed by atoms with E-state index in [0.29, 0.717) is 18.9 Å². The van der Waals surface area contributed by atoms with Crippen molar-refractivity contribution in [2.24, 2.45) is 16.7 Å². The number of nitrogens with zero attached hydrogens (tertiary/aromatic N) is 1. The average Bonchev–Trinajstić information content (AvgIpc) is 2.99. The number of hydrogen-bond acceptors (Lipinski definition) is 5. The number of carbonyl (C=O) groups excluding carboxylic acids is 2. The van der Waals surface area contributed by atoms with Crippen molar-refractivity contribution in [2.45, 2.75) is 209 Å². The van der Waals surface area contributed by atoms with Gasteiger partial charge in [0.15, 0.2) is 0 Å². The molecule has 5 nitrogen and oxygen atoms in total. The molecule has 0 saturated heterocycles. The highest BCUT2D eigenvalue weighted by atomic mass is 16.5. The number of ether oxygens (including phenoxy) is 2. The zero-order valence-corrected chi connectivity index (χ0v) is 32.6. The first-order chi connectivity index (χ1) is 21.9. The van der Waals surface area contributed by atoms with E-state index in [4.69, 9.17) is 9.47 Å². The number of unbranched alkanes of at least 4 members (excludes halogenated alkanes) is 15. The van der Waals surface area contributed by atoms with Gasteiger partial charge in [-0.2, -0.15) is 0 Å². The van der Waals surface area contributed by atoms with Crippen LogP contribution >= 0.6 is 0 Å². The van der Waals surface area contributed by atoms with Crippen molar-refractivity contribution >= 4 is 11.9 Å². The maximum atomic E-state index is 13.5. The number of carbonyl (C=O) groups is 2. The smallest absolute Gasteiger partial charge is 0.312 e. The van der Waals surface area contributed by atoms with E-state index in [2.05, 4.69) is 67.5 Å². The summed E-state index contributed by atoms with van der Waals surface area (Å²) in [6.45, 7) is 16.7. The van der Waals surface area contributed by atoms with E-state index in [1.165, 1.54) is 96.3 Å². The fourth-order valence-corrected chi connectivity index (χ4v) is 6.45. The average molecular weight is 652 g/mol. The lowest BCUT2D eigenvalue weighted by atomic mass is 9.67. The van der Waals surface area contributed by atoms with Gasteiger partial charge in [0, 0.05) is 13.0 Å². The van der Waals surface area contributed by atoms with Gasteiger partial charge in [-0.3, -0.25) is 9.59 Å². The van der Waals surface area contributed by atoms with Gasteiger partial charge < -0.3 is 14.4 Å². The lowest BCUT2D eigenvalue weighted by Gasteiger charge is -2.41. The zero-order chi connectivity index (χ0) is 34.7. The summed E-state index contributed by atoms with van der Waals surface area (Å²) in [4.78, 5) is 28.0. The fourth-order valence-electron chi connectivity index (χ4n) is 6.45. The molecule has 0 radical (unpaired) electrons. The lowest BCUT2D eigenvalue weighted by molar-refractivity contribution is -0.168. The van der Waals surface area contributed by atoms with E-state index in [9.17, 15) is 9.59 Å². The highest BCUT2D eigenvalue weighted by Gasteiger charge is 2.45. The Hall–Kier alpha value is -1.10. The van der Waals surface area contributed by atoms with Gasteiger partial charge in [0.25, 0.3) is 0 Å². The summed E-state index contributed by atoms with van der Waals surface area (Å²) in [5.41, 5.74) is -0.739. The van der Waals surface area contributed by atoms with Gasteiger partial charge in [-0.15, -0.1) is 0 Å². The molecule has 0 amide bonds. The Kier molecular flexibility index (Phi) is 27.1. The van der Waals surface area contributed by atoms with Crippen LogP contribution in [0.1, 0.15) is 203 Å². The topological polar surface area (TPSA) is 55.8 Å². The molecule has 0 N–H and O–H groups in total. The van der Waals surface area contributed by atoms with Gasteiger partial charge in [0.2, 0.25) is 0 Å². The van der Waals surface area contributed by atoms with E-state index < -0.39 is 5.41 Å². The predicted octanol–water partition coefficient (Wildman–Crippen LogP) is 12.1. The molecule has 274 valence electrons. The molecular weight excluding hydrogens is 570 g/mol. The summed E-state index contributed by atoms with van der Waals surface area (Å²) in [5.74, 6) is 0.472. The summed E-state index contributed by atoms with van der Waals surface area (Å²) in [6, 6.07) is 0. The molecule has 0 aromatic carbocycles. The molecule has 2 unspecified atom stereocenters. The standard InChI is InChI=1S/C41H81NO4/c1-10-13-16-18-19-22-26-31-37(46-39(44)41(6,7)40(4,5)35-42(8)9)32-27-23-20-21-24-28-33-38(43)45-34-36(29-15-12-3)30-25-17-14-11-2/h36-37H,10-35H2,1-9H3. The second kappa shape index (κ2) is 27.8. The first-order valence-electron chi connectivity index (χ1n) is 19.9. The third kappa shape index (κ3) is 22.5. The van der Waals surface area contributed by atoms with E-state index in [0.717, 1.165) is 57.9 Å². The highest BCUT2D eigenvalue weighted by molar-refractivity contribution is 5.77. The minimum atomic E-state index is -0.554. The highest BCUT2D eigenvalue weighted by Crippen LogP contribution is 2.40. The Morgan fingerprint density at radius 3 is 1.54 bits per heavy atom. The van der Waals surface area contributed by atoms with Gasteiger partial charge >= 0.3 is 11.9 Å². The van der Waals surface area contributed by atoms with Gasteiger partial charge in [-0.1, -0.05) is 137 Å². The monoisotopic (exact) mass is 652 g/mol. The van der Waals surface area contributed by atoms with E-state index in [1.807, 2.05) is 0 Å². The van der Waals surface area contributed by atoms with Crippen LogP contribution in [0.3, 0.4) is 0 Å². The quantitative estimate of drug-likeness (QED) is 0.0535. The van der Waals surface area contributed by atoms with Crippen LogP contribution in [-0.2, 0) is 19.1 Å². The van der Waals surface area contributed by atoms with Crippen molar-refractivity contribution in [3.05, 3.63) is 0 Å². The van der Waals surface area contributed by atoms with Crippen molar-refractivity contribution in [1.82, 2.24) is 4.90 Å². The van der Waals surface area contributed by atoms with Crippen LogP contribution in [0, 0.1) is 16.7 Å². The summed E-state index contributed by atoms with van der Waals surface area (Å²) in [7, 11) is 4.14. The Morgan fingerprint density at radius 2 is 1.02 bits per heavy atom. The van der Waals surface area contributed by atoms with E-state index in [1.54, 1.807) is 0 Å². The minimum absolute atomic E-state index is 0.0123. The third-order valence-corrected chi connectivity index (χ3v) is 10.4. The van der Waals surface area contributed by atoms with E-state index in [-0.39, 0.29) is 23.5 Å². The molecule has 0 aliphatic carbocycles. The summed E-state index contributed by atoms with van der Waals surface area (Å²) in [6.07, 6.45) is 27.9. The van der Waals surface area contributed by atoms with Crippen molar-refractivity contribution in [3.8, 4) is 0 Å². The molecule has 46 heavy (non-hydrogen) atoms. The normalized spacial score (nSPS) is 13.6. The van der Waals surface area contributed by atoms with Crippen LogP contribution in [0.4, 0.5) is 0 Å². The van der Waals surface area contributed by atoms with Gasteiger partial charge in [0.1, 0.15) is 6.10 Å². The molecule has 0 aliphatic rings. The molecule has 0 aromatic rings. The lowest BCUT2D eigenvalue weighted by Crippen LogP contribution is -2.47. The van der Waals surface area contributed by atoms with Crippen LogP contribution in [0.25, 0.3) is 0 Å². The van der Waals surface area contributed by atoms with Gasteiger partial charge in [0.05, 0.1) is 12.0 Å². The summed E-state index contributed by atoms with van der Waals surface area (Å²) < 4.78 is 12.0. The largest absolute Gasteiger partial charge is 0.465 e. The number of hydrogen-bond donors (Lipinski definition) is 0. The first-order valence-corrected chi connectivity index (χ1v) is 19.9. The van der Waals surface area contributed by atoms with Crippen LogP contribution < -0.4 is 0 Å². The Labute approximate surface area is 288 Å². The molecular formula is C41H81NO4. The SMILES string of the molecule is CCCCCCCCCC(CCCCCCCCC(=O)OCC(CCCC)CCCCCC)OC(=O)C(C)(C)C(C)(C)CN(C)C. The molecule has 0 saturated carbocycles. The second-order valence-corrected chi connectivity index (χ2v) is 15.9. The zero-order valence-electron chi connectivity index (χ0n) is 32.6. The van der Waals surface area contributed by atoms with Crippen LogP contribution in [0.5, 0.6) is 0 Å². The van der Waals surface area contributed by atoms with Crippen LogP contribution in [0.15, 0.2) is 0 Å². The minimum Gasteiger partial charge on any atom is -0.465 e. The van der Waals surface area contributed by atoms with Gasteiger partial charge in [-0.25, -0.2) is 0 Å². The molecule has 0 bridgehead atoms. The summed E-state index contributed by atoms with van der Waals surface area (Å²) >= 11 is 0. The van der Waals surface area contributed by atoms with Crippen LogP contribution in [-0.4, -0.2) is 50.2 Å². The maximum absolute atomic E-state index is 13.5. The molecule has 2 atom stereocenters. The van der Waals surface area contributed by atoms with E-state index >= 15 is 0 Å². The number of esters is 2. The first kappa shape index (κ1) is 44.9. The molecule has 0 heterocycles. The third-order valence-electron chi connectivity index (χ3n) is 10.4. The van der Waals surface area contributed by atoms with Crippen molar-refractivity contribution in [1.29, 1.82) is 0 Å². The molecule has 0 spiro atoms. The maximum Gasteiger partial charge on any atom is 0.312 e. The Balaban J connectivity index is 4.54. The predicted molar refractivity (Wildman–Crippen MR) is 198 cm³/mol. The number of rotatable bonds is 32. The Bertz CT molecular complexity index is 732. The van der Waals surface area contributed by atoms with Crippen molar-refractivity contribution in [3.63, 3.8) is 0 Å². The van der Waals surface area contributed by atoms with Crippen molar-refractivity contribution in [2.75, 3.05) is 27.2 Å². The molecule has 5 heteroatoms. The summed E-state index contributed by atoms with van der Waals surface area (Å²) in [5, 5.41) is 0.